The Hall–Kier alpha value is -1.89. The van der Waals surface area contributed by atoms with Gasteiger partial charge in [0.05, 0.1) is 6.61 Å². The lowest BCUT2D eigenvalue weighted by atomic mass is 10.2. The number of aromatic nitrogens is 2. The van der Waals surface area contributed by atoms with Crippen LogP contribution in [0.4, 0.5) is 5.95 Å². The van der Waals surface area contributed by atoms with Crippen LogP contribution in [0.5, 0.6) is 5.88 Å². The molecule has 2 rings (SSSR count). The molecule has 0 aromatic carbocycles. The molecule has 1 fully saturated rings. The van der Waals surface area contributed by atoms with Crippen LogP contribution in [0.25, 0.3) is 0 Å². The number of hydrogen-bond acceptors (Lipinski definition) is 6. The summed E-state index contributed by atoms with van der Waals surface area (Å²) in [5.74, 6) is 0.479. The molecular weight excluding hydrogens is 284 g/mol. The molecule has 0 amide bonds. The van der Waals surface area contributed by atoms with Crippen molar-refractivity contribution in [2.24, 2.45) is 0 Å². The molecule has 0 saturated carbocycles. The molecule has 1 aromatic heterocycles. The first-order valence-corrected chi connectivity index (χ1v) is 7.83. The molecule has 122 valence electrons. The number of aliphatic carboxylic acids is 1. The molecule has 1 aliphatic rings. The van der Waals surface area contributed by atoms with Crippen molar-refractivity contribution >= 4 is 11.9 Å². The topological polar surface area (TPSA) is 78.8 Å². The summed E-state index contributed by atoms with van der Waals surface area (Å²) in [5.41, 5.74) is 0. The highest BCUT2D eigenvalue weighted by Crippen LogP contribution is 2.16. The summed E-state index contributed by atoms with van der Waals surface area (Å²) < 4.78 is 5.41. The van der Waals surface area contributed by atoms with E-state index in [1.165, 1.54) is 0 Å². The van der Waals surface area contributed by atoms with Crippen molar-refractivity contribution in [3.05, 3.63) is 12.3 Å². The van der Waals surface area contributed by atoms with Gasteiger partial charge in [0.25, 0.3) is 0 Å². The Bertz CT molecular complexity index is 497. The third-order valence-corrected chi connectivity index (χ3v) is 3.84. The van der Waals surface area contributed by atoms with Crippen LogP contribution in [0.15, 0.2) is 12.3 Å². The second-order valence-corrected chi connectivity index (χ2v) is 5.27. The molecule has 2 heterocycles. The minimum absolute atomic E-state index is 0.407. The largest absolute Gasteiger partial charge is 0.480 e. The molecule has 1 N–H and O–H groups in total. The van der Waals surface area contributed by atoms with Crippen molar-refractivity contribution in [2.75, 3.05) is 37.7 Å². The Labute approximate surface area is 130 Å². The number of hydrogen-bond donors (Lipinski definition) is 1. The lowest BCUT2D eigenvalue weighted by Gasteiger charge is -2.26. The molecule has 0 bridgehead atoms. The predicted molar refractivity (Wildman–Crippen MR) is 83.3 cm³/mol. The van der Waals surface area contributed by atoms with Gasteiger partial charge in [-0.05, 0) is 19.8 Å². The lowest BCUT2D eigenvalue weighted by molar-refractivity contribution is -0.143. The van der Waals surface area contributed by atoms with Crippen LogP contribution in [0.3, 0.4) is 0 Å². The van der Waals surface area contributed by atoms with E-state index in [1.54, 1.807) is 12.3 Å². The number of carbonyl (C=O) groups is 1. The van der Waals surface area contributed by atoms with E-state index < -0.39 is 12.0 Å². The van der Waals surface area contributed by atoms with Gasteiger partial charge >= 0.3 is 5.97 Å². The van der Waals surface area contributed by atoms with E-state index in [4.69, 9.17) is 4.74 Å². The van der Waals surface area contributed by atoms with Crippen molar-refractivity contribution in [3.8, 4) is 5.88 Å². The van der Waals surface area contributed by atoms with Gasteiger partial charge in [-0.15, -0.1) is 0 Å². The second-order valence-electron chi connectivity index (χ2n) is 5.27. The van der Waals surface area contributed by atoms with Crippen LogP contribution < -0.4 is 9.64 Å². The maximum atomic E-state index is 11.3. The Morgan fingerprint density at radius 1 is 1.36 bits per heavy atom. The predicted octanol–water partition coefficient (Wildman–Crippen LogP) is 1.25. The van der Waals surface area contributed by atoms with E-state index in [1.807, 2.05) is 18.7 Å². The zero-order chi connectivity index (χ0) is 15.9. The first-order chi connectivity index (χ1) is 10.7. The molecule has 0 spiro atoms. The lowest BCUT2D eigenvalue weighted by Crippen LogP contribution is -2.43. The Balaban J connectivity index is 2.03. The third-order valence-electron chi connectivity index (χ3n) is 3.84. The molecule has 1 saturated heterocycles. The van der Waals surface area contributed by atoms with Gasteiger partial charge in [0, 0.05) is 38.4 Å². The van der Waals surface area contributed by atoms with E-state index in [9.17, 15) is 9.90 Å². The van der Waals surface area contributed by atoms with E-state index in [0.29, 0.717) is 31.4 Å². The van der Waals surface area contributed by atoms with Gasteiger partial charge in [-0.3, -0.25) is 9.69 Å². The SMILES string of the molecule is CCOc1ccnc(N2CCCN(C(CC)C(=O)O)CC2)n1. The third kappa shape index (κ3) is 4.07. The Morgan fingerprint density at radius 2 is 2.18 bits per heavy atom. The van der Waals surface area contributed by atoms with Gasteiger partial charge in [0.15, 0.2) is 0 Å². The second kappa shape index (κ2) is 7.93. The van der Waals surface area contributed by atoms with Gasteiger partial charge in [-0.2, -0.15) is 4.98 Å². The van der Waals surface area contributed by atoms with Crippen LogP contribution in [-0.2, 0) is 4.79 Å². The minimum atomic E-state index is -0.745. The first kappa shape index (κ1) is 16.5. The van der Waals surface area contributed by atoms with Gasteiger partial charge < -0.3 is 14.7 Å². The molecule has 0 radical (unpaired) electrons. The summed E-state index contributed by atoms with van der Waals surface area (Å²) in [6.45, 7) is 7.43. The molecule has 1 aliphatic heterocycles. The number of nitrogens with zero attached hydrogens (tertiary/aromatic N) is 4. The van der Waals surface area contributed by atoms with Crippen molar-refractivity contribution in [1.29, 1.82) is 0 Å². The highest BCUT2D eigenvalue weighted by molar-refractivity contribution is 5.73. The summed E-state index contributed by atoms with van der Waals surface area (Å²) in [7, 11) is 0. The fraction of sp³-hybridized carbons (Fsp3) is 0.667. The molecular formula is C15H24N4O3. The van der Waals surface area contributed by atoms with Crippen LogP contribution in [0.1, 0.15) is 26.7 Å². The fourth-order valence-electron chi connectivity index (χ4n) is 2.75. The first-order valence-electron chi connectivity index (χ1n) is 7.83. The van der Waals surface area contributed by atoms with Crippen LogP contribution in [-0.4, -0.2) is 64.8 Å². The van der Waals surface area contributed by atoms with E-state index in [2.05, 4.69) is 14.9 Å². The molecule has 1 aromatic rings. The number of carboxylic acid groups (broad SMARTS) is 1. The zero-order valence-electron chi connectivity index (χ0n) is 13.2. The van der Waals surface area contributed by atoms with Gasteiger partial charge in [0.1, 0.15) is 6.04 Å². The standard InChI is InChI=1S/C15H24N4O3/c1-3-12(14(20)21)18-8-5-9-19(11-10-18)15-16-7-6-13(17-15)22-4-2/h6-7,12H,3-5,8-11H2,1-2H3,(H,20,21). The van der Waals surface area contributed by atoms with Crippen LogP contribution >= 0.6 is 0 Å². The summed E-state index contributed by atoms with van der Waals surface area (Å²) in [6.07, 6.45) is 3.21. The molecule has 1 atom stereocenters. The van der Waals surface area contributed by atoms with Crippen LogP contribution in [0.2, 0.25) is 0 Å². The summed E-state index contributed by atoms with van der Waals surface area (Å²) in [5, 5.41) is 9.30. The molecule has 7 heteroatoms. The zero-order valence-corrected chi connectivity index (χ0v) is 13.2. The smallest absolute Gasteiger partial charge is 0.320 e. The highest BCUT2D eigenvalue weighted by atomic mass is 16.5. The molecule has 7 nitrogen and oxygen atoms in total. The van der Waals surface area contributed by atoms with E-state index in [0.717, 1.165) is 26.1 Å². The van der Waals surface area contributed by atoms with Crippen molar-refractivity contribution in [1.82, 2.24) is 14.9 Å². The number of rotatable bonds is 6. The number of ether oxygens (including phenoxy) is 1. The van der Waals surface area contributed by atoms with Crippen molar-refractivity contribution in [2.45, 2.75) is 32.7 Å². The van der Waals surface area contributed by atoms with Crippen LogP contribution in [0, 0.1) is 0 Å². The molecule has 1 unspecified atom stereocenters. The summed E-state index contributed by atoms with van der Waals surface area (Å²) in [6, 6.07) is 1.34. The van der Waals surface area contributed by atoms with E-state index in [-0.39, 0.29) is 0 Å². The fourth-order valence-corrected chi connectivity index (χ4v) is 2.75. The van der Waals surface area contributed by atoms with Crippen molar-refractivity contribution < 1.29 is 14.6 Å². The Morgan fingerprint density at radius 3 is 2.86 bits per heavy atom. The average Bonchev–Trinajstić information content (AvgIpc) is 2.74. The summed E-state index contributed by atoms with van der Waals surface area (Å²) >= 11 is 0. The minimum Gasteiger partial charge on any atom is -0.480 e. The van der Waals surface area contributed by atoms with Gasteiger partial charge in [-0.1, -0.05) is 6.92 Å². The molecule has 0 aliphatic carbocycles. The molecule has 22 heavy (non-hydrogen) atoms. The van der Waals surface area contributed by atoms with Gasteiger partial charge in [0.2, 0.25) is 11.8 Å². The Kier molecular flexibility index (Phi) is 5.94. The number of anilines is 1. The maximum absolute atomic E-state index is 11.3. The normalized spacial score (nSPS) is 17.8. The maximum Gasteiger partial charge on any atom is 0.320 e. The van der Waals surface area contributed by atoms with E-state index >= 15 is 0 Å². The average molecular weight is 308 g/mol. The quantitative estimate of drug-likeness (QED) is 0.847. The van der Waals surface area contributed by atoms with Crippen molar-refractivity contribution in [3.63, 3.8) is 0 Å². The number of carboxylic acids is 1. The highest BCUT2D eigenvalue weighted by Gasteiger charge is 2.26. The summed E-state index contributed by atoms with van der Waals surface area (Å²) in [4.78, 5) is 24.2. The van der Waals surface area contributed by atoms with Gasteiger partial charge in [-0.25, -0.2) is 4.98 Å². The monoisotopic (exact) mass is 308 g/mol.